The molecule has 0 aliphatic carbocycles. The van der Waals surface area contributed by atoms with Gasteiger partial charge in [0.05, 0.1) is 15.7 Å². The minimum Gasteiger partial charge on any atom is -0.353 e. The Morgan fingerprint density at radius 1 is 0.759 bits per heavy atom. The highest BCUT2D eigenvalue weighted by molar-refractivity contribution is 7.15. The molecule has 0 bridgehead atoms. The van der Waals surface area contributed by atoms with E-state index in [4.69, 9.17) is 34.8 Å². The molecular weight excluding hydrogens is 447 g/mol. The van der Waals surface area contributed by atoms with E-state index in [0.717, 1.165) is 27.1 Å². The summed E-state index contributed by atoms with van der Waals surface area (Å²) in [7, 11) is 0. The van der Waals surface area contributed by atoms with Crippen LogP contribution in [0.25, 0.3) is 0 Å². The molecule has 0 radical (unpaired) electrons. The van der Waals surface area contributed by atoms with E-state index in [1.54, 1.807) is 12.1 Å². The highest BCUT2D eigenvalue weighted by Gasteiger charge is 2.11. The third kappa shape index (κ3) is 5.00. The molecule has 0 aliphatic heterocycles. The molecular formula is C21H15Cl3N4S. The monoisotopic (exact) mass is 460 g/mol. The van der Waals surface area contributed by atoms with Crippen molar-refractivity contribution in [2.24, 2.45) is 0 Å². The van der Waals surface area contributed by atoms with Gasteiger partial charge in [0.25, 0.3) is 0 Å². The Labute approximate surface area is 187 Å². The SMILES string of the molecule is Clc1ccc(Nc2nnc(Cc3ccccc3Nc3c(Cl)cccc3Cl)s2)cc1. The van der Waals surface area contributed by atoms with Gasteiger partial charge in [0, 0.05) is 22.8 Å². The first-order valence-electron chi connectivity index (χ1n) is 8.72. The number of halogens is 3. The molecule has 4 aromatic rings. The molecule has 2 N–H and O–H groups in total. The molecule has 1 heterocycles. The van der Waals surface area contributed by atoms with Gasteiger partial charge in [-0.1, -0.05) is 70.4 Å². The van der Waals surface area contributed by atoms with Crippen molar-refractivity contribution >= 4 is 68.3 Å². The molecule has 4 rings (SSSR count). The standard InChI is InChI=1S/C21H15Cl3N4S/c22-14-8-10-15(11-9-14)25-21-28-27-19(29-21)12-13-4-1-2-7-18(13)26-20-16(23)5-3-6-17(20)24/h1-11,26H,12H2,(H,25,28). The lowest BCUT2D eigenvalue weighted by Gasteiger charge is -2.13. The zero-order valence-corrected chi connectivity index (χ0v) is 18.1. The predicted octanol–water partition coefficient (Wildman–Crippen LogP) is 7.58. The van der Waals surface area contributed by atoms with Gasteiger partial charge in [-0.15, -0.1) is 10.2 Å². The van der Waals surface area contributed by atoms with Crippen LogP contribution >= 0.6 is 46.1 Å². The molecule has 3 aromatic carbocycles. The van der Waals surface area contributed by atoms with E-state index in [-0.39, 0.29) is 0 Å². The van der Waals surface area contributed by atoms with Crippen molar-refractivity contribution in [3.05, 3.63) is 92.4 Å². The average Bonchev–Trinajstić information content (AvgIpc) is 3.15. The van der Waals surface area contributed by atoms with Crippen LogP contribution in [0, 0.1) is 0 Å². The highest BCUT2D eigenvalue weighted by atomic mass is 35.5. The van der Waals surface area contributed by atoms with Gasteiger partial charge in [-0.25, -0.2) is 0 Å². The van der Waals surface area contributed by atoms with Gasteiger partial charge >= 0.3 is 0 Å². The zero-order valence-electron chi connectivity index (χ0n) is 15.0. The quantitative estimate of drug-likeness (QED) is 0.311. The number of nitrogens with one attached hydrogen (secondary N) is 2. The molecule has 8 heteroatoms. The lowest BCUT2D eigenvalue weighted by molar-refractivity contribution is 1.01. The Kier molecular flexibility index (Phi) is 6.21. The van der Waals surface area contributed by atoms with Crippen molar-refractivity contribution in [1.29, 1.82) is 0 Å². The van der Waals surface area contributed by atoms with E-state index in [1.165, 1.54) is 11.3 Å². The molecule has 1 aromatic heterocycles. The fourth-order valence-corrected chi connectivity index (χ4v) is 4.14. The first-order valence-corrected chi connectivity index (χ1v) is 10.7. The topological polar surface area (TPSA) is 49.8 Å². The lowest BCUT2D eigenvalue weighted by atomic mass is 10.1. The minimum atomic E-state index is 0.567. The summed E-state index contributed by atoms with van der Waals surface area (Å²) in [6.45, 7) is 0. The molecule has 29 heavy (non-hydrogen) atoms. The van der Waals surface area contributed by atoms with Crippen LogP contribution in [0.15, 0.2) is 66.7 Å². The maximum Gasteiger partial charge on any atom is 0.210 e. The molecule has 0 fully saturated rings. The summed E-state index contributed by atoms with van der Waals surface area (Å²) in [4.78, 5) is 0. The second-order valence-electron chi connectivity index (χ2n) is 6.19. The summed E-state index contributed by atoms with van der Waals surface area (Å²) < 4.78 is 0. The van der Waals surface area contributed by atoms with E-state index in [1.807, 2.05) is 54.6 Å². The van der Waals surface area contributed by atoms with Crippen molar-refractivity contribution < 1.29 is 0 Å². The van der Waals surface area contributed by atoms with Crippen LogP contribution in [0.3, 0.4) is 0 Å². The first kappa shape index (κ1) is 20.0. The minimum absolute atomic E-state index is 0.567. The van der Waals surface area contributed by atoms with Gasteiger partial charge < -0.3 is 10.6 Å². The zero-order chi connectivity index (χ0) is 20.2. The Morgan fingerprint density at radius 2 is 1.48 bits per heavy atom. The Bertz CT molecular complexity index is 1110. The number of aromatic nitrogens is 2. The van der Waals surface area contributed by atoms with Crippen LogP contribution < -0.4 is 10.6 Å². The largest absolute Gasteiger partial charge is 0.353 e. The van der Waals surface area contributed by atoms with Gasteiger partial charge in [-0.3, -0.25) is 0 Å². The van der Waals surface area contributed by atoms with Crippen molar-refractivity contribution in [3.8, 4) is 0 Å². The van der Waals surface area contributed by atoms with Gasteiger partial charge in [-0.2, -0.15) is 0 Å². The van der Waals surface area contributed by atoms with Crippen LogP contribution in [0.2, 0.25) is 15.1 Å². The van der Waals surface area contributed by atoms with Gasteiger partial charge in [0.15, 0.2) is 0 Å². The Hall–Kier alpha value is -2.31. The fourth-order valence-electron chi connectivity index (χ4n) is 2.74. The lowest BCUT2D eigenvalue weighted by Crippen LogP contribution is -1.98. The summed E-state index contributed by atoms with van der Waals surface area (Å²) in [5.74, 6) is 0. The van der Waals surface area contributed by atoms with Crippen molar-refractivity contribution in [3.63, 3.8) is 0 Å². The number of hydrogen-bond donors (Lipinski definition) is 2. The van der Waals surface area contributed by atoms with E-state index >= 15 is 0 Å². The molecule has 0 atom stereocenters. The number of anilines is 4. The maximum absolute atomic E-state index is 6.30. The molecule has 0 aliphatic rings. The Morgan fingerprint density at radius 3 is 2.24 bits per heavy atom. The number of hydrogen-bond acceptors (Lipinski definition) is 5. The third-order valence-electron chi connectivity index (χ3n) is 4.14. The van der Waals surface area contributed by atoms with Crippen LogP contribution in [0.4, 0.5) is 22.2 Å². The van der Waals surface area contributed by atoms with E-state index in [0.29, 0.717) is 27.2 Å². The maximum atomic E-state index is 6.30. The molecule has 146 valence electrons. The summed E-state index contributed by atoms with van der Waals surface area (Å²) in [5.41, 5.74) is 3.58. The van der Waals surface area contributed by atoms with Gasteiger partial charge in [0.2, 0.25) is 5.13 Å². The average molecular weight is 462 g/mol. The summed E-state index contributed by atoms with van der Waals surface area (Å²) in [6.07, 6.45) is 0.630. The van der Waals surface area contributed by atoms with Crippen LogP contribution in [-0.4, -0.2) is 10.2 Å². The summed E-state index contributed by atoms with van der Waals surface area (Å²) >= 11 is 20.0. The smallest absolute Gasteiger partial charge is 0.210 e. The fraction of sp³-hybridized carbons (Fsp3) is 0.0476. The number of para-hydroxylation sites is 2. The van der Waals surface area contributed by atoms with Gasteiger partial charge in [0.1, 0.15) is 5.01 Å². The third-order valence-corrected chi connectivity index (χ3v) is 5.86. The number of nitrogens with zero attached hydrogens (tertiary/aromatic N) is 2. The summed E-state index contributed by atoms with van der Waals surface area (Å²) in [5, 5.41) is 18.6. The predicted molar refractivity (Wildman–Crippen MR) is 124 cm³/mol. The molecule has 0 amide bonds. The second-order valence-corrected chi connectivity index (χ2v) is 8.50. The molecule has 4 nitrogen and oxygen atoms in total. The molecule has 0 unspecified atom stereocenters. The first-order chi connectivity index (χ1) is 14.1. The molecule has 0 saturated carbocycles. The summed E-state index contributed by atoms with van der Waals surface area (Å²) in [6, 6.07) is 20.9. The van der Waals surface area contributed by atoms with Crippen LogP contribution in [0.1, 0.15) is 10.6 Å². The van der Waals surface area contributed by atoms with E-state index in [2.05, 4.69) is 20.8 Å². The second kappa shape index (κ2) is 9.01. The van der Waals surface area contributed by atoms with Crippen molar-refractivity contribution in [2.45, 2.75) is 6.42 Å². The molecule has 0 saturated heterocycles. The van der Waals surface area contributed by atoms with E-state index in [9.17, 15) is 0 Å². The normalized spacial score (nSPS) is 10.7. The highest BCUT2D eigenvalue weighted by Crippen LogP contribution is 2.34. The van der Waals surface area contributed by atoms with Crippen LogP contribution in [-0.2, 0) is 6.42 Å². The molecule has 0 spiro atoms. The van der Waals surface area contributed by atoms with Crippen LogP contribution in [0.5, 0.6) is 0 Å². The number of benzene rings is 3. The van der Waals surface area contributed by atoms with Gasteiger partial charge in [-0.05, 0) is 48.0 Å². The Balaban J connectivity index is 1.52. The van der Waals surface area contributed by atoms with Crippen molar-refractivity contribution in [2.75, 3.05) is 10.6 Å². The number of rotatable bonds is 6. The van der Waals surface area contributed by atoms with Crippen molar-refractivity contribution in [1.82, 2.24) is 10.2 Å². The van der Waals surface area contributed by atoms with E-state index < -0.39 is 0 Å².